The summed E-state index contributed by atoms with van der Waals surface area (Å²) in [6, 6.07) is 5.72. The minimum atomic E-state index is -1.04. The zero-order chi connectivity index (χ0) is 17.6. The van der Waals surface area contributed by atoms with Gasteiger partial charge in [-0.1, -0.05) is 33.8 Å². The average molecular weight is 333 g/mol. The van der Waals surface area contributed by atoms with E-state index < -0.39 is 16.4 Å². The number of aliphatic hydroxyl groups excluding tert-OH is 1. The van der Waals surface area contributed by atoms with E-state index in [0.29, 0.717) is 17.2 Å². The first-order chi connectivity index (χ1) is 11.2. The molecule has 1 atom stereocenters. The van der Waals surface area contributed by atoms with Crippen molar-refractivity contribution < 1.29 is 19.1 Å². The zero-order valence-corrected chi connectivity index (χ0v) is 14.4. The maximum atomic E-state index is 10.3. The van der Waals surface area contributed by atoms with Gasteiger partial charge in [0.05, 0.1) is 12.1 Å². The number of rotatable bonds is 5. The van der Waals surface area contributed by atoms with Gasteiger partial charge in [0.15, 0.2) is 11.5 Å². The number of ether oxygens (including phenoxy) is 2. The summed E-state index contributed by atoms with van der Waals surface area (Å²) in [5.74, 6) is 1.39. The van der Waals surface area contributed by atoms with Crippen LogP contribution < -0.4 is 15.2 Å². The van der Waals surface area contributed by atoms with Gasteiger partial charge in [-0.2, -0.15) is 0 Å². The van der Waals surface area contributed by atoms with Gasteiger partial charge in [-0.25, -0.2) is 0 Å². The predicted molar refractivity (Wildman–Crippen MR) is 86.9 cm³/mol. The molecule has 0 aliphatic carbocycles. The highest BCUT2D eigenvalue weighted by Gasteiger charge is 2.55. The molecule has 0 saturated carbocycles. The summed E-state index contributed by atoms with van der Waals surface area (Å²) < 4.78 is 15.7. The number of fused-ring (bicyclic) bond motifs is 1. The summed E-state index contributed by atoms with van der Waals surface area (Å²) in [7, 11) is 0. The maximum absolute atomic E-state index is 10.3. The van der Waals surface area contributed by atoms with Crippen molar-refractivity contribution in [2.45, 2.75) is 44.1 Å². The summed E-state index contributed by atoms with van der Waals surface area (Å²) in [4.78, 5) is 0. The molecule has 1 aromatic heterocycles. The fourth-order valence-electron chi connectivity index (χ4n) is 3.38. The lowest BCUT2D eigenvalue weighted by Crippen LogP contribution is -2.68. The van der Waals surface area contributed by atoms with E-state index in [0.717, 1.165) is 5.56 Å². The Hall–Kier alpha value is -2.12. The second kappa shape index (κ2) is 5.46. The van der Waals surface area contributed by atoms with E-state index in [1.165, 1.54) is 6.26 Å². The van der Waals surface area contributed by atoms with Crippen LogP contribution in [0.25, 0.3) is 0 Å². The van der Waals surface area contributed by atoms with Crippen molar-refractivity contribution in [1.82, 2.24) is 10.4 Å². The van der Waals surface area contributed by atoms with Crippen LogP contribution in [0.5, 0.6) is 11.5 Å². The van der Waals surface area contributed by atoms with Crippen LogP contribution in [0, 0.1) is 0 Å². The quantitative estimate of drug-likeness (QED) is 0.859. The Balaban J connectivity index is 2.08. The Morgan fingerprint density at radius 1 is 1.12 bits per heavy atom. The summed E-state index contributed by atoms with van der Waals surface area (Å²) in [5, 5.41) is 17.8. The third kappa shape index (κ3) is 2.19. The lowest BCUT2D eigenvalue weighted by molar-refractivity contribution is 0.0661. The van der Waals surface area contributed by atoms with Crippen LogP contribution in [0.15, 0.2) is 29.0 Å². The van der Waals surface area contributed by atoms with E-state index in [1.807, 2.05) is 45.9 Å². The predicted octanol–water partition coefficient (Wildman–Crippen LogP) is 1.74. The van der Waals surface area contributed by atoms with Crippen LogP contribution in [-0.2, 0) is 10.8 Å². The smallest absolute Gasteiger partial charge is 0.231 e. The largest absolute Gasteiger partial charge is 0.454 e. The Bertz CT molecular complexity index is 727. The molecule has 0 spiro atoms. The molecule has 130 valence electrons. The molecule has 1 aromatic carbocycles. The number of nitrogens with zero attached hydrogens (tertiary/aromatic N) is 2. The second-order valence-corrected chi connectivity index (χ2v) is 7.24. The molecule has 2 heterocycles. The first-order valence-corrected chi connectivity index (χ1v) is 7.81. The van der Waals surface area contributed by atoms with Crippen LogP contribution in [0.3, 0.4) is 0 Å². The lowest BCUT2D eigenvalue weighted by Gasteiger charge is -2.52. The second-order valence-electron chi connectivity index (χ2n) is 7.24. The summed E-state index contributed by atoms with van der Waals surface area (Å²) in [6.45, 7) is 7.82. The number of benzene rings is 1. The van der Waals surface area contributed by atoms with Gasteiger partial charge < -0.3 is 24.8 Å². The topological polar surface area (TPSA) is 104 Å². The van der Waals surface area contributed by atoms with Gasteiger partial charge in [-0.15, -0.1) is 5.10 Å². The van der Waals surface area contributed by atoms with Crippen LogP contribution in [0.4, 0.5) is 0 Å². The first kappa shape index (κ1) is 16.7. The van der Waals surface area contributed by atoms with E-state index in [9.17, 15) is 5.11 Å². The van der Waals surface area contributed by atoms with Gasteiger partial charge in [0, 0.05) is 16.1 Å². The Morgan fingerprint density at radius 2 is 1.83 bits per heavy atom. The number of aliphatic hydroxyl groups is 1. The molecule has 1 aliphatic rings. The van der Waals surface area contributed by atoms with Gasteiger partial charge in [0.25, 0.3) is 0 Å². The molecule has 1 aliphatic heterocycles. The Labute approximate surface area is 140 Å². The van der Waals surface area contributed by atoms with E-state index >= 15 is 0 Å². The van der Waals surface area contributed by atoms with E-state index in [-0.39, 0.29) is 13.4 Å². The van der Waals surface area contributed by atoms with Gasteiger partial charge >= 0.3 is 0 Å². The molecular weight excluding hydrogens is 310 g/mol. The van der Waals surface area contributed by atoms with E-state index in [4.69, 9.17) is 19.7 Å². The maximum Gasteiger partial charge on any atom is 0.231 e. The highest BCUT2D eigenvalue weighted by atomic mass is 16.7. The molecule has 2 aromatic rings. The minimum Gasteiger partial charge on any atom is -0.454 e. The molecule has 0 radical (unpaired) electrons. The normalized spacial score (nSPS) is 16.9. The van der Waals surface area contributed by atoms with Gasteiger partial charge in [-0.3, -0.25) is 0 Å². The van der Waals surface area contributed by atoms with Crippen molar-refractivity contribution in [3.63, 3.8) is 0 Å². The molecule has 0 saturated heterocycles. The van der Waals surface area contributed by atoms with Crippen LogP contribution in [0.2, 0.25) is 0 Å². The number of hydrogen-bond donors (Lipinski definition) is 2. The van der Waals surface area contributed by atoms with Gasteiger partial charge in [-0.05, 0) is 17.7 Å². The Morgan fingerprint density at radius 3 is 2.46 bits per heavy atom. The molecule has 3 rings (SSSR count). The van der Waals surface area contributed by atoms with Crippen molar-refractivity contribution in [3.8, 4) is 11.5 Å². The van der Waals surface area contributed by atoms with Gasteiger partial charge in [0.1, 0.15) is 12.0 Å². The molecule has 0 fully saturated rings. The van der Waals surface area contributed by atoms with Crippen molar-refractivity contribution in [3.05, 3.63) is 35.7 Å². The highest BCUT2D eigenvalue weighted by Crippen LogP contribution is 2.47. The summed E-state index contributed by atoms with van der Waals surface area (Å²) in [5.41, 5.74) is 5.98. The third-order valence-electron chi connectivity index (χ3n) is 5.57. The SMILES string of the molecule is CC(C)(c1ccc2c(c1)OCO2)[C@@](N)(CO)C(C)(C)c1conn1. The number of aromatic nitrogens is 2. The molecule has 24 heavy (non-hydrogen) atoms. The van der Waals surface area contributed by atoms with Crippen molar-refractivity contribution >= 4 is 0 Å². The van der Waals surface area contributed by atoms with Crippen molar-refractivity contribution in [2.24, 2.45) is 5.73 Å². The minimum absolute atomic E-state index is 0.211. The molecule has 0 amide bonds. The van der Waals surface area contributed by atoms with E-state index in [2.05, 4.69) is 10.4 Å². The average Bonchev–Trinajstić information content (AvgIpc) is 3.23. The molecule has 3 N–H and O–H groups in total. The first-order valence-electron chi connectivity index (χ1n) is 7.81. The third-order valence-corrected chi connectivity index (χ3v) is 5.57. The van der Waals surface area contributed by atoms with Crippen LogP contribution in [-0.4, -0.2) is 34.4 Å². The fraction of sp³-hybridized carbons (Fsp3) is 0.529. The van der Waals surface area contributed by atoms with Gasteiger partial charge in [0.2, 0.25) is 6.79 Å². The summed E-state index contributed by atoms with van der Waals surface area (Å²) in [6.07, 6.45) is 1.47. The van der Waals surface area contributed by atoms with E-state index in [1.54, 1.807) is 0 Å². The number of hydrogen-bond acceptors (Lipinski definition) is 7. The fourth-order valence-corrected chi connectivity index (χ4v) is 3.38. The molecule has 0 bridgehead atoms. The number of nitrogens with two attached hydrogens (primary N) is 1. The standard InChI is InChI=1S/C17H23N3O4/c1-15(2,11-5-6-12-13(7-11)23-10-22-12)17(18,9-21)16(3,4)14-8-24-20-19-14/h5-8,21H,9-10,18H2,1-4H3/t17-/m0/s1. The van der Waals surface area contributed by atoms with Crippen LogP contribution >= 0.6 is 0 Å². The lowest BCUT2D eigenvalue weighted by atomic mass is 9.56. The molecule has 7 nitrogen and oxygen atoms in total. The van der Waals surface area contributed by atoms with Crippen LogP contribution in [0.1, 0.15) is 39.0 Å². The van der Waals surface area contributed by atoms with Crippen molar-refractivity contribution in [1.29, 1.82) is 0 Å². The molecule has 7 heteroatoms. The highest BCUT2D eigenvalue weighted by molar-refractivity contribution is 5.48. The molecule has 0 unspecified atom stereocenters. The summed E-state index contributed by atoms with van der Waals surface area (Å²) >= 11 is 0. The zero-order valence-electron chi connectivity index (χ0n) is 14.4. The van der Waals surface area contributed by atoms with Crippen molar-refractivity contribution in [2.75, 3.05) is 13.4 Å². The molecular formula is C17H23N3O4. The Kier molecular flexibility index (Phi) is 3.80. The monoisotopic (exact) mass is 333 g/mol.